The van der Waals surface area contributed by atoms with Crippen LogP contribution in [-0.2, 0) is 0 Å². The summed E-state index contributed by atoms with van der Waals surface area (Å²) >= 11 is 11.9. The summed E-state index contributed by atoms with van der Waals surface area (Å²) in [7, 11) is 0. The molecule has 0 saturated heterocycles. The van der Waals surface area contributed by atoms with Crippen LogP contribution in [0, 0.1) is 10.1 Å². The molecule has 2 rings (SSSR count). The van der Waals surface area contributed by atoms with Crippen molar-refractivity contribution >= 4 is 40.3 Å². The fourth-order valence-electron chi connectivity index (χ4n) is 1.65. The van der Waals surface area contributed by atoms with Crippen LogP contribution in [0.5, 0.6) is 0 Å². The molecule has 0 aliphatic rings. The molecule has 0 bridgehead atoms. The number of nitrogens with one attached hydrogen (secondary N) is 1. The van der Waals surface area contributed by atoms with Crippen LogP contribution >= 0.6 is 23.2 Å². The molecule has 0 unspecified atom stereocenters. The van der Waals surface area contributed by atoms with E-state index in [1.54, 1.807) is 37.3 Å². The summed E-state index contributed by atoms with van der Waals surface area (Å²) in [5, 5.41) is 15.8. The number of non-ortho nitro benzene ring substituents is 1. The highest BCUT2D eigenvalue weighted by Crippen LogP contribution is 2.22. The second-order valence-electron chi connectivity index (χ2n) is 4.24. The predicted octanol–water partition coefficient (Wildman–Crippen LogP) is 4.74. The zero-order valence-electron chi connectivity index (χ0n) is 11.0. The lowest BCUT2D eigenvalue weighted by Crippen LogP contribution is -2.00. The molecular weight excluding hydrogens is 313 g/mol. The smallest absolute Gasteiger partial charge is 0.269 e. The minimum atomic E-state index is -0.453. The van der Waals surface area contributed by atoms with E-state index in [1.807, 2.05) is 0 Å². The first-order valence-corrected chi connectivity index (χ1v) is 6.73. The average Bonchev–Trinajstić information content (AvgIpc) is 2.45. The van der Waals surface area contributed by atoms with Gasteiger partial charge in [-0.3, -0.25) is 15.5 Å². The van der Waals surface area contributed by atoms with Gasteiger partial charge >= 0.3 is 0 Å². The van der Waals surface area contributed by atoms with E-state index in [9.17, 15) is 10.1 Å². The standard InChI is InChI=1S/C14H11Cl2N3O2/c1-9(13-7-2-10(15)8-14(13)16)17-18-11-3-5-12(6-4-11)19(20)21/h2-8,18H,1H3/b17-9+. The highest BCUT2D eigenvalue weighted by atomic mass is 35.5. The van der Waals surface area contributed by atoms with Crippen LogP contribution in [0.15, 0.2) is 47.6 Å². The first kappa shape index (κ1) is 15.3. The predicted molar refractivity (Wildman–Crippen MR) is 85.4 cm³/mol. The van der Waals surface area contributed by atoms with Crippen LogP contribution in [0.25, 0.3) is 0 Å². The van der Waals surface area contributed by atoms with Crippen molar-refractivity contribution in [2.45, 2.75) is 6.92 Å². The van der Waals surface area contributed by atoms with Crippen LogP contribution in [0.3, 0.4) is 0 Å². The van der Waals surface area contributed by atoms with Gasteiger partial charge in [-0.25, -0.2) is 0 Å². The maximum Gasteiger partial charge on any atom is 0.269 e. The van der Waals surface area contributed by atoms with E-state index < -0.39 is 4.92 Å². The highest BCUT2D eigenvalue weighted by Gasteiger charge is 2.06. The minimum Gasteiger partial charge on any atom is -0.278 e. The molecule has 0 heterocycles. The number of nitrogens with zero attached hydrogens (tertiary/aromatic N) is 2. The molecule has 0 amide bonds. The minimum absolute atomic E-state index is 0.0296. The summed E-state index contributed by atoms with van der Waals surface area (Å²) in [6.45, 7) is 1.80. The zero-order chi connectivity index (χ0) is 15.4. The number of benzene rings is 2. The Morgan fingerprint density at radius 3 is 2.43 bits per heavy atom. The van der Waals surface area contributed by atoms with Crippen LogP contribution in [0.1, 0.15) is 12.5 Å². The fraction of sp³-hybridized carbons (Fsp3) is 0.0714. The second-order valence-corrected chi connectivity index (χ2v) is 5.08. The van der Waals surface area contributed by atoms with Crippen molar-refractivity contribution in [2.24, 2.45) is 5.10 Å². The summed E-state index contributed by atoms with van der Waals surface area (Å²) in [5.74, 6) is 0. The number of nitro benzene ring substituents is 1. The summed E-state index contributed by atoms with van der Waals surface area (Å²) in [5.41, 5.74) is 4.93. The Labute approximate surface area is 131 Å². The van der Waals surface area contributed by atoms with Crippen molar-refractivity contribution in [1.29, 1.82) is 0 Å². The molecule has 0 fully saturated rings. The number of nitro groups is 1. The van der Waals surface area contributed by atoms with E-state index in [2.05, 4.69) is 10.5 Å². The first-order chi connectivity index (χ1) is 9.97. The summed E-state index contributed by atoms with van der Waals surface area (Å²) < 4.78 is 0. The highest BCUT2D eigenvalue weighted by molar-refractivity contribution is 6.37. The summed E-state index contributed by atoms with van der Waals surface area (Å²) in [6.07, 6.45) is 0. The van der Waals surface area contributed by atoms with Crippen molar-refractivity contribution in [3.8, 4) is 0 Å². The van der Waals surface area contributed by atoms with Crippen molar-refractivity contribution < 1.29 is 4.92 Å². The van der Waals surface area contributed by atoms with E-state index in [1.165, 1.54) is 12.1 Å². The topological polar surface area (TPSA) is 67.5 Å². The molecule has 0 atom stereocenters. The van der Waals surface area contributed by atoms with E-state index in [0.29, 0.717) is 21.4 Å². The van der Waals surface area contributed by atoms with Gasteiger partial charge in [0.2, 0.25) is 0 Å². The third-order valence-electron chi connectivity index (χ3n) is 2.75. The van der Waals surface area contributed by atoms with E-state index in [4.69, 9.17) is 23.2 Å². The van der Waals surface area contributed by atoms with Gasteiger partial charge in [-0.15, -0.1) is 0 Å². The van der Waals surface area contributed by atoms with Crippen molar-refractivity contribution in [3.63, 3.8) is 0 Å². The Kier molecular flexibility index (Phi) is 4.77. The van der Waals surface area contributed by atoms with E-state index >= 15 is 0 Å². The quantitative estimate of drug-likeness (QED) is 0.502. The Bertz CT molecular complexity index is 700. The molecule has 0 saturated carbocycles. The number of hydrogen-bond donors (Lipinski definition) is 1. The number of rotatable bonds is 4. The molecule has 0 aliphatic carbocycles. The Morgan fingerprint density at radius 1 is 1.19 bits per heavy atom. The lowest BCUT2D eigenvalue weighted by atomic mass is 10.1. The van der Waals surface area contributed by atoms with Gasteiger partial charge in [0.1, 0.15) is 0 Å². The third-order valence-corrected chi connectivity index (χ3v) is 3.30. The second kappa shape index (κ2) is 6.56. The van der Waals surface area contributed by atoms with E-state index in [0.717, 1.165) is 5.56 Å². The first-order valence-electron chi connectivity index (χ1n) is 5.97. The van der Waals surface area contributed by atoms with Crippen LogP contribution in [0.4, 0.5) is 11.4 Å². The monoisotopic (exact) mass is 323 g/mol. The molecule has 21 heavy (non-hydrogen) atoms. The molecule has 2 aromatic rings. The number of hydrazone groups is 1. The van der Waals surface area contributed by atoms with Crippen LogP contribution < -0.4 is 5.43 Å². The van der Waals surface area contributed by atoms with Gasteiger partial charge in [-0.2, -0.15) is 5.10 Å². The Hall–Kier alpha value is -2.11. The number of halogens is 2. The van der Waals surface area contributed by atoms with Crippen molar-refractivity contribution in [3.05, 3.63) is 68.2 Å². The lowest BCUT2D eigenvalue weighted by molar-refractivity contribution is -0.384. The summed E-state index contributed by atoms with van der Waals surface area (Å²) in [4.78, 5) is 10.1. The zero-order valence-corrected chi connectivity index (χ0v) is 12.5. The van der Waals surface area contributed by atoms with Gasteiger partial charge in [-0.1, -0.05) is 29.3 Å². The van der Waals surface area contributed by atoms with Gasteiger partial charge in [0.05, 0.1) is 21.3 Å². The Morgan fingerprint density at radius 2 is 1.86 bits per heavy atom. The van der Waals surface area contributed by atoms with Crippen molar-refractivity contribution in [1.82, 2.24) is 0 Å². The molecule has 108 valence electrons. The fourth-order valence-corrected chi connectivity index (χ4v) is 2.19. The van der Waals surface area contributed by atoms with Gasteiger partial charge in [0.15, 0.2) is 0 Å². The average molecular weight is 324 g/mol. The molecule has 1 N–H and O–H groups in total. The van der Waals surface area contributed by atoms with Crippen LogP contribution in [-0.4, -0.2) is 10.6 Å². The van der Waals surface area contributed by atoms with Gasteiger partial charge in [0.25, 0.3) is 5.69 Å². The molecular formula is C14H11Cl2N3O2. The van der Waals surface area contributed by atoms with Gasteiger partial charge in [0, 0.05) is 22.7 Å². The summed E-state index contributed by atoms with van der Waals surface area (Å²) in [6, 6.07) is 11.1. The SMILES string of the molecule is C/C(=N\Nc1ccc([N+](=O)[O-])cc1)c1ccc(Cl)cc1Cl. The molecule has 7 heteroatoms. The van der Waals surface area contributed by atoms with E-state index in [-0.39, 0.29) is 5.69 Å². The molecule has 0 aliphatic heterocycles. The molecule has 0 aromatic heterocycles. The maximum absolute atomic E-state index is 10.6. The lowest BCUT2D eigenvalue weighted by Gasteiger charge is -2.06. The van der Waals surface area contributed by atoms with Gasteiger partial charge in [-0.05, 0) is 31.2 Å². The molecule has 0 spiro atoms. The maximum atomic E-state index is 10.6. The Balaban J connectivity index is 2.14. The largest absolute Gasteiger partial charge is 0.278 e. The number of hydrogen-bond acceptors (Lipinski definition) is 4. The van der Waals surface area contributed by atoms with Crippen LogP contribution in [0.2, 0.25) is 10.0 Å². The van der Waals surface area contributed by atoms with Crippen molar-refractivity contribution in [2.75, 3.05) is 5.43 Å². The number of anilines is 1. The third kappa shape index (κ3) is 3.93. The normalized spacial score (nSPS) is 11.3. The molecule has 0 radical (unpaired) electrons. The molecule has 2 aromatic carbocycles. The van der Waals surface area contributed by atoms with Gasteiger partial charge < -0.3 is 0 Å². The molecule has 5 nitrogen and oxygen atoms in total.